The summed E-state index contributed by atoms with van der Waals surface area (Å²) in [6.07, 6.45) is 6.82. The van der Waals surface area contributed by atoms with E-state index in [4.69, 9.17) is 0 Å². The molecule has 0 bridgehead atoms. The number of hydrogen-bond donors (Lipinski definition) is 1. The molecule has 1 aromatic carbocycles. The highest BCUT2D eigenvalue weighted by Gasteiger charge is 2.36. The monoisotopic (exact) mass is 276 g/mol. The molecule has 1 aliphatic carbocycles. The maximum atomic E-state index is 14.0. The summed E-state index contributed by atoms with van der Waals surface area (Å²) in [6.45, 7) is 2.11. The van der Waals surface area contributed by atoms with Crippen LogP contribution in [-0.4, -0.2) is 31.1 Å². The Hall–Kier alpha value is -0.930. The van der Waals surface area contributed by atoms with E-state index in [1.54, 1.807) is 12.1 Å². The van der Waals surface area contributed by atoms with Crippen molar-refractivity contribution in [1.29, 1.82) is 0 Å². The highest BCUT2D eigenvalue weighted by atomic mass is 19.1. The minimum atomic E-state index is -0.0914. The number of likely N-dealkylation sites (tertiary alicyclic amines) is 1. The van der Waals surface area contributed by atoms with E-state index in [1.165, 1.54) is 38.6 Å². The zero-order chi connectivity index (χ0) is 13.9. The summed E-state index contributed by atoms with van der Waals surface area (Å²) in [7, 11) is 1.94. The Morgan fingerprint density at radius 1 is 1.25 bits per heavy atom. The molecule has 3 atom stereocenters. The summed E-state index contributed by atoms with van der Waals surface area (Å²) in [4.78, 5) is 2.59. The van der Waals surface area contributed by atoms with Gasteiger partial charge in [-0.15, -0.1) is 0 Å². The van der Waals surface area contributed by atoms with Gasteiger partial charge in [0, 0.05) is 24.2 Å². The van der Waals surface area contributed by atoms with Crippen LogP contribution in [-0.2, 0) is 0 Å². The molecule has 2 fully saturated rings. The standard InChI is InChI=1S/C17H25FN2/c1-19-16(14-7-3-4-8-15(14)18)12-20-11-10-13-6-2-5-9-17(13)20/h3-4,7-8,13,16-17,19H,2,5-6,9-12H2,1H3. The van der Waals surface area contributed by atoms with Crippen LogP contribution in [0.25, 0.3) is 0 Å². The molecule has 0 radical (unpaired) electrons. The fraction of sp³-hybridized carbons (Fsp3) is 0.647. The first kappa shape index (κ1) is 14.0. The zero-order valence-electron chi connectivity index (χ0n) is 12.3. The second kappa shape index (κ2) is 6.23. The molecule has 1 heterocycles. The number of nitrogens with one attached hydrogen (secondary N) is 1. The summed E-state index contributed by atoms with van der Waals surface area (Å²) in [5.41, 5.74) is 0.800. The third-order valence-electron chi connectivity index (χ3n) is 5.17. The quantitative estimate of drug-likeness (QED) is 0.907. The van der Waals surface area contributed by atoms with E-state index >= 15 is 0 Å². The van der Waals surface area contributed by atoms with E-state index in [1.807, 2.05) is 19.2 Å². The van der Waals surface area contributed by atoms with Crippen molar-refractivity contribution in [2.45, 2.75) is 44.2 Å². The molecular weight excluding hydrogens is 251 g/mol. The lowest BCUT2D eigenvalue weighted by Gasteiger charge is -2.34. The van der Waals surface area contributed by atoms with Gasteiger partial charge in [0.2, 0.25) is 0 Å². The van der Waals surface area contributed by atoms with Crippen LogP contribution in [0.2, 0.25) is 0 Å². The predicted octanol–water partition coefficient (Wildman–Crippen LogP) is 3.35. The molecule has 3 rings (SSSR count). The van der Waals surface area contributed by atoms with E-state index in [0.717, 1.165) is 24.1 Å². The maximum Gasteiger partial charge on any atom is 0.128 e. The second-order valence-electron chi connectivity index (χ2n) is 6.26. The lowest BCUT2D eigenvalue weighted by atomic mass is 9.85. The lowest BCUT2D eigenvalue weighted by molar-refractivity contribution is 0.168. The number of nitrogens with zero attached hydrogens (tertiary/aromatic N) is 1. The Morgan fingerprint density at radius 3 is 2.85 bits per heavy atom. The molecule has 2 nitrogen and oxygen atoms in total. The molecule has 1 N–H and O–H groups in total. The normalized spacial score (nSPS) is 28.3. The summed E-state index contributed by atoms with van der Waals surface area (Å²) >= 11 is 0. The molecule has 20 heavy (non-hydrogen) atoms. The van der Waals surface area contributed by atoms with Crippen molar-refractivity contribution in [3.8, 4) is 0 Å². The van der Waals surface area contributed by atoms with E-state index < -0.39 is 0 Å². The average molecular weight is 276 g/mol. The third kappa shape index (κ3) is 2.75. The van der Waals surface area contributed by atoms with Gasteiger partial charge >= 0.3 is 0 Å². The van der Waals surface area contributed by atoms with E-state index in [9.17, 15) is 4.39 Å². The molecule has 0 amide bonds. The summed E-state index contributed by atoms with van der Waals surface area (Å²) in [5.74, 6) is 0.799. The second-order valence-corrected chi connectivity index (χ2v) is 6.26. The molecule has 1 aliphatic heterocycles. The molecule has 2 aliphatic rings. The van der Waals surface area contributed by atoms with Crippen molar-refractivity contribution in [3.63, 3.8) is 0 Å². The molecule has 3 heteroatoms. The lowest BCUT2D eigenvalue weighted by Crippen LogP contribution is -2.40. The van der Waals surface area contributed by atoms with Crippen LogP contribution in [0.3, 0.4) is 0 Å². The van der Waals surface area contributed by atoms with Gasteiger partial charge in [-0.3, -0.25) is 4.90 Å². The largest absolute Gasteiger partial charge is 0.312 e. The SMILES string of the molecule is CNC(CN1CCC2CCCCC21)c1ccccc1F. The summed E-state index contributed by atoms with van der Waals surface area (Å²) in [6, 6.07) is 8.00. The van der Waals surface area contributed by atoms with E-state index in [2.05, 4.69) is 10.2 Å². The van der Waals surface area contributed by atoms with E-state index in [0.29, 0.717) is 0 Å². The van der Waals surface area contributed by atoms with E-state index in [-0.39, 0.29) is 11.9 Å². The number of likely N-dealkylation sites (N-methyl/N-ethyl adjacent to an activating group) is 1. The zero-order valence-corrected chi connectivity index (χ0v) is 12.3. The van der Waals surface area contributed by atoms with Crippen LogP contribution in [0, 0.1) is 11.7 Å². The van der Waals surface area contributed by atoms with Gasteiger partial charge in [0.25, 0.3) is 0 Å². The Bertz CT molecular complexity index is 448. The van der Waals surface area contributed by atoms with Gasteiger partial charge < -0.3 is 5.32 Å². The molecule has 0 aromatic heterocycles. The van der Waals surface area contributed by atoms with Crippen LogP contribution in [0.15, 0.2) is 24.3 Å². The van der Waals surface area contributed by atoms with Crippen molar-refractivity contribution < 1.29 is 4.39 Å². The first-order chi connectivity index (χ1) is 9.79. The van der Waals surface area contributed by atoms with Gasteiger partial charge in [-0.2, -0.15) is 0 Å². The molecule has 1 saturated carbocycles. The van der Waals surface area contributed by atoms with Crippen LogP contribution in [0.4, 0.5) is 4.39 Å². The minimum absolute atomic E-state index is 0.0914. The topological polar surface area (TPSA) is 15.3 Å². The molecule has 1 aromatic rings. The minimum Gasteiger partial charge on any atom is -0.312 e. The van der Waals surface area contributed by atoms with Gasteiger partial charge in [0.1, 0.15) is 5.82 Å². The van der Waals surface area contributed by atoms with Crippen molar-refractivity contribution >= 4 is 0 Å². The Balaban J connectivity index is 1.71. The number of fused-ring (bicyclic) bond motifs is 1. The fourth-order valence-electron chi connectivity index (χ4n) is 4.07. The predicted molar refractivity (Wildman–Crippen MR) is 80.1 cm³/mol. The van der Waals surface area contributed by atoms with Crippen LogP contribution in [0.1, 0.15) is 43.7 Å². The summed E-state index contributed by atoms with van der Waals surface area (Å²) in [5, 5.41) is 3.30. The number of halogens is 1. The van der Waals surface area contributed by atoms with Gasteiger partial charge in [0.05, 0.1) is 0 Å². The van der Waals surface area contributed by atoms with Crippen LogP contribution < -0.4 is 5.32 Å². The fourth-order valence-corrected chi connectivity index (χ4v) is 4.07. The van der Waals surface area contributed by atoms with Crippen molar-refractivity contribution in [2.75, 3.05) is 20.1 Å². The molecule has 110 valence electrons. The number of hydrogen-bond acceptors (Lipinski definition) is 2. The average Bonchev–Trinajstić information content (AvgIpc) is 2.89. The molecule has 0 spiro atoms. The maximum absolute atomic E-state index is 14.0. The van der Waals surface area contributed by atoms with Gasteiger partial charge in [0.15, 0.2) is 0 Å². The van der Waals surface area contributed by atoms with Gasteiger partial charge in [-0.25, -0.2) is 4.39 Å². The van der Waals surface area contributed by atoms with Crippen molar-refractivity contribution in [2.24, 2.45) is 5.92 Å². The summed E-state index contributed by atoms with van der Waals surface area (Å²) < 4.78 is 14.0. The van der Waals surface area contributed by atoms with Gasteiger partial charge in [-0.05, 0) is 44.8 Å². The van der Waals surface area contributed by atoms with Crippen LogP contribution in [0.5, 0.6) is 0 Å². The van der Waals surface area contributed by atoms with Crippen molar-refractivity contribution in [1.82, 2.24) is 10.2 Å². The highest BCUT2D eigenvalue weighted by Crippen LogP contribution is 2.37. The first-order valence-corrected chi connectivity index (χ1v) is 7.95. The third-order valence-corrected chi connectivity index (χ3v) is 5.17. The molecule has 1 saturated heterocycles. The number of rotatable bonds is 4. The molecular formula is C17H25FN2. The van der Waals surface area contributed by atoms with Crippen LogP contribution >= 0.6 is 0 Å². The smallest absolute Gasteiger partial charge is 0.128 e. The molecule has 3 unspecified atom stereocenters. The highest BCUT2D eigenvalue weighted by molar-refractivity contribution is 5.21. The Labute approximate surface area is 121 Å². The van der Waals surface area contributed by atoms with Crippen molar-refractivity contribution in [3.05, 3.63) is 35.6 Å². The Kier molecular flexibility index (Phi) is 4.37. The van der Waals surface area contributed by atoms with Gasteiger partial charge in [-0.1, -0.05) is 31.0 Å². The first-order valence-electron chi connectivity index (χ1n) is 7.95. The number of benzene rings is 1. The Morgan fingerprint density at radius 2 is 2.05 bits per heavy atom.